The molecule has 13 heteroatoms. The van der Waals surface area contributed by atoms with Gasteiger partial charge in [-0.25, -0.2) is 4.79 Å². The first kappa shape index (κ1) is 18.7. The minimum atomic E-state index is -6.97. The molecule has 25 heavy (non-hydrogen) atoms. The van der Waals surface area contributed by atoms with Crippen molar-refractivity contribution in [2.75, 3.05) is 6.61 Å². The number of ether oxygens (including phenoxy) is 2. The smallest absolute Gasteiger partial charge is 0.430 e. The molecule has 0 amide bonds. The van der Waals surface area contributed by atoms with Crippen LogP contribution in [-0.4, -0.2) is 54.9 Å². The Labute approximate surface area is 137 Å². The van der Waals surface area contributed by atoms with Crippen LogP contribution in [0.2, 0.25) is 0 Å². The van der Waals surface area contributed by atoms with Crippen LogP contribution >= 0.6 is 0 Å². The normalized spacial score (nSPS) is 35.2. The van der Waals surface area contributed by atoms with Crippen molar-refractivity contribution >= 4 is 16.1 Å². The molecule has 3 fully saturated rings. The molecule has 2 bridgehead atoms. The largest absolute Gasteiger partial charge is 0.458 e. The Morgan fingerprint density at radius 2 is 1.60 bits per heavy atom. The Morgan fingerprint density at radius 3 is 2.08 bits per heavy atom. The van der Waals surface area contributed by atoms with Crippen molar-refractivity contribution < 1.29 is 53.6 Å². The Kier molecular flexibility index (Phi) is 3.91. The Hall–Kier alpha value is -1.08. The number of alkyl halides is 6. The van der Waals surface area contributed by atoms with E-state index in [0.717, 1.165) is 0 Å². The number of carbonyl (C=O) groups excluding carboxylic acids is 1. The fraction of sp³-hybridized carbons (Fsp3) is 0.917. The summed E-state index contributed by atoms with van der Waals surface area (Å²) < 4.78 is 113. The average Bonchev–Trinajstić information content (AvgIpc) is 2.94. The van der Waals surface area contributed by atoms with Gasteiger partial charge in [0.2, 0.25) is 0 Å². The van der Waals surface area contributed by atoms with Gasteiger partial charge in [0, 0.05) is 0 Å². The van der Waals surface area contributed by atoms with E-state index in [4.69, 9.17) is 9.29 Å². The lowest BCUT2D eigenvalue weighted by Gasteiger charge is -2.34. The molecular weight excluding hydrogens is 386 g/mol. The van der Waals surface area contributed by atoms with Gasteiger partial charge in [-0.2, -0.15) is 34.8 Å². The van der Waals surface area contributed by atoms with Crippen molar-refractivity contribution in [2.24, 2.45) is 17.8 Å². The van der Waals surface area contributed by atoms with E-state index in [0.29, 0.717) is 12.8 Å². The topological polar surface area (TPSA) is 89.9 Å². The van der Waals surface area contributed by atoms with Crippen molar-refractivity contribution in [3.63, 3.8) is 0 Å². The summed E-state index contributed by atoms with van der Waals surface area (Å²) in [6.07, 6.45) is -14.8. The lowest BCUT2D eigenvalue weighted by atomic mass is 9.88. The molecule has 0 radical (unpaired) electrons. The summed E-state index contributed by atoms with van der Waals surface area (Å²) in [5, 5.41) is 0. The second-order valence-corrected chi connectivity index (χ2v) is 8.04. The fourth-order valence-corrected chi connectivity index (χ4v) is 5.03. The van der Waals surface area contributed by atoms with E-state index in [1.54, 1.807) is 0 Å². The zero-order valence-corrected chi connectivity index (χ0v) is 13.0. The first-order valence-electron chi connectivity index (χ1n) is 7.15. The van der Waals surface area contributed by atoms with Gasteiger partial charge < -0.3 is 9.47 Å². The summed E-state index contributed by atoms with van der Waals surface area (Å²) in [6, 6.07) is 0. The number of rotatable bonds is 3. The second-order valence-electron chi connectivity index (χ2n) is 6.48. The van der Waals surface area contributed by atoms with Gasteiger partial charge in [-0.15, -0.1) is 0 Å². The summed E-state index contributed by atoms with van der Waals surface area (Å²) in [7, 11) is -6.97. The number of hydrogen-bond donors (Lipinski definition) is 1. The molecular formula is C12H12F6O6S. The van der Waals surface area contributed by atoms with Crippen molar-refractivity contribution in [2.45, 2.75) is 42.1 Å². The van der Waals surface area contributed by atoms with Gasteiger partial charge in [-0.3, -0.25) is 4.55 Å². The van der Waals surface area contributed by atoms with Crippen LogP contribution in [0.3, 0.4) is 0 Å². The molecule has 0 aromatic heterocycles. The fourth-order valence-electron chi connectivity index (χ4n) is 4.19. The summed E-state index contributed by atoms with van der Waals surface area (Å²) in [5.41, 5.74) is 0. The molecule has 5 atom stereocenters. The van der Waals surface area contributed by atoms with E-state index < -0.39 is 51.3 Å². The lowest BCUT2D eigenvalue weighted by Crippen LogP contribution is -2.68. The van der Waals surface area contributed by atoms with Crippen LogP contribution in [0.4, 0.5) is 26.3 Å². The Bertz CT molecular complexity index is 669. The number of carbonyl (C=O) groups is 1. The van der Waals surface area contributed by atoms with Crippen LogP contribution in [-0.2, 0) is 24.4 Å². The predicted octanol–water partition coefficient (Wildman–Crippen LogP) is 1.70. The SMILES string of the molecule is O=C(OC1C2CC3COC1C3C2)C(C(F)(F)F)(C(F)(F)F)S(=O)(=O)O. The van der Waals surface area contributed by atoms with E-state index in [2.05, 4.69) is 4.74 Å². The third kappa shape index (κ3) is 2.38. The molecule has 2 saturated carbocycles. The number of fused-ring (bicyclic) bond motifs is 1. The van der Waals surface area contributed by atoms with Crippen LogP contribution in [0, 0.1) is 17.8 Å². The van der Waals surface area contributed by atoms with Crippen molar-refractivity contribution in [1.82, 2.24) is 0 Å². The molecule has 1 heterocycles. The molecule has 1 saturated heterocycles. The van der Waals surface area contributed by atoms with Crippen LogP contribution in [0.15, 0.2) is 0 Å². The summed E-state index contributed by atoms with van der Waals surface area (Å²) in [5.74, 6) is -3.67. The maximum atomic E-state index is 13.1. The van der Waals surface area contributed by atoms with Gasteiger partial charge in [0.25, 0.3) is 0 Å². The maximum absolute atomic E-state index is 13.1. The summed E-state index contributed by atoms with van der Waals surface area (Å²) in [4.78, 5) is 11.9. The minimum Gasteiger partial charge on any atom is -0.458 e. The van der Waals surface area contributed by atoms with Gasteiger partial charge in [0.15, 0.2) is 0 Å². The highest BCUT2D eigenvalue weighted by molar-refractivity contribution is 7.88. The second kappa shape index (κ2) is 5.22. The molecule has 2 aliphatic carbocycles. The van der Waals surface area contributed by atoms with Crippen molar-refractivity contribution in [1.29, 1.82) is 0 Å². The maximum Gasteiger partial charge on any atom is 0.430 e. The van der Waals surface area contributed by atoms with Gasteiger partial charge in [-0.05, 0) is 30.6 Å². The molecule has 5 unspecified atom stereocenters. The highest BCUT2D eigenvalue weighted by Gasteiger charge is 2.85. The molecule has 1 N–H and O–H groups in total. The molecule has 0 spiro atoms. The molecule has 144 valence electrons. The van der Waals surface area contributed by atoms with Crippen molar-refractivity contribution in [3.05, 3.63) is 0 Å². The third-order valence-electron chi connectivity index (χ3n) is 5.21. The van der Waals surface area contributed by atoms with Gasteiger partial charge in [0.05, 0.1) is 12.7 Å². The first-order valence-corrected chi connectivity index (χ1v) is 8.59. The van der Waals surface area contributed by atoms with Gasteiger partial charge in [-0.1, -0.05) is 0 Å². The predicted molar refractivity (Wildman–Crippen MR) is 65.7 cm³/mol. The van der Waals surface area contributed by atoms with Gasteiger partial charge >= 0.3 is 33.2 Å². The molecule has 1 aliphatic heterocycles. The van der Waals surface area contributed by atoms with E-state index >= 15 is 0 Å². The van der Waals surface area contributed by atoms with E-state index in [9.17, 15) is 39.6 Å². The minimum absolute atomic E-state index is 0.0986. The zero-order chi connectivity index (χ0) is 19.0. The quantitative estimate of drug-likeness (QED) is 0.442. The molecule has 6 nitrogen and oxygen atoms in total. The monoisotopic (exact) mass is 398 g/mol. The molecule has 3 aliphatic rings. The number of esters is 1. The zero-order valence-electron chi connectivity index (χ0n) is 12.2. The van der Waals surface area contributed by atoms with Crippen LogP contribution < -0.4 is 0 Å². The van der Waals surface area contributed by atoms with Crippen molar-refractivity contribution in [3.8, 4) is 0 Å². The molecule has 0 aromatic rings. The number of hydrogen-bond acceptors (Lipinski definition) is 5. The standard InChI is InChI=1S/C12H12F6O6S/c13-11(14,15)10(12(16,17)18,25(20,21)22)9(19)24-7-4-1-5-3-23-8(7)6(5)2-4/h4-8H,1-3H2,(H,20,21,22). The van der Waals surface area contributed by atoms with Gasteiger partial charge in [0.1, 0.15) is 6.10 Å². The van der Waals surface area contributed by atoms with E-state index in [-0.39, 0.29) is 18.4 Å². The third-order valence-corrected chi connectivity index (χ3v) is 6.62. The van der Waals surface area contributed by atoms with Crippen LogP contribution in [0.25, 0.3) is 0 Å². The highest BCUT2D eigenvalue weighted by atomic mass is 32.2. The first-order chi connectivity index (χ1) is 11.2. The van der Waals surface area contributed by atoms with Crippen LogP contribution in [0.1, 0.15) is 12.8 Å². The number of halogens is 6. The van der Waals surface area contributed by atoms with E-state index in [1.165, 1.54) is 0 Å². The summed E-state index contributed by atoms with van der Waals surface area (Å²) >= 11 is 0. The van der Waals surface area contributed by atoms with Crippen LogP contribution in [0.5, 0.6) is 0 Å². The molecule has 3 rings (SSSR count). The highest BCUT2D eigenvalue weighted by Crippen LogP contribution is 2.56. The lowest BCUT2D eigenvalue weighted by molar-refractivity contribution is -0.271. The Morgan fingerprint density at radius 1 is 1.04 bits per heavy atom. The summed E-state index contributed by atoms with van der Waals surface area (Å²) in [6.45, 7) is 0.252. The average molecular weight is 398 g/mol. The van der Waals surface area contributed by atoms with E-state index in [1.807, 2.05) is 0 Å². The molecule has 0 aromatic carbocycles. The Balaban J connectivity index is 1.99.